The van der Waals surface area contributed by atoms with Gasteiger partial charge in [0, 0.05) is 6.54 Å². The van der Waals surface area contributed by atoms with Crippen LogP contribution in [0.15, 0.2) is 5.16 Å². The molecule has 0 aromatic heterocycles. The highest BCUT2D eigenvalue weighted by atomic mass is 19.3. The van der Waals surface area contributed by atoms with E-state index in [1.807, 2.05) is 0 Å². The molecule has 0 fully saturated rings. The lowest BCUT2D eigenvalue weighted by molar-refractivity contribution is 0.0190. The van der Waals surface area contributed by atoms with Gasteiger partial charge in [0.15, 0.2) is 5.84 Å². The van der Waals surface area contributed by atoms with E-state index in [1.165, 1.54) is 0 Å². The van der Waals surface area contributed by atoms with E-state index in [1.54, 1.807) is 0 Å². The molecule has 0 unspecified atom stereocenters. The number of nitrogens with zero attached hydrogens (tertiary/aromatic N) is 1. The maximum Gasteiger partial charge on any atom is 0.261 e. The molecule has 0 heterocycles. The Kier molecular flexibility index (Phi) is 7.12. The van der Waals surface area contributed by atoms with E-state index in [0.717, 1.165) is 0 Å². The Balaban J connectivity index is 3.09. The molecule has 0 bridgehead atoms. The number of halogens is 2. The van der Waals surface area contributed by atoms with E-state index >= 15 is 0 Å². The van der Waals surface area contributed by atoms with E-state index in [9.17, 15) is 8.78 Å². The Hall–Kier alpha value is -0.950. The van der Waals surface area contributed by atoms with Crippen molar-refractivity contribution in [2.24, 2.45) is 10.9 Å². The third-order valence-electron chi connectivity index (χ3n) is 1.10. The van der Waals surface area contributed by atoms with Crippen molar-refractivity contribution in [2.45, 2.75) is 6.43 Å². The van der Waals surface area contributed by atoms with E-state index in [2.05, 4.69) is 15.2 Å². The predicted octanol–water partition coefficient (Wildman–Crippen LogP) is -0.396. The number of hydrogen-bond donors (Lipinski definition) is 3. The topological polar surface area (TPSA) is 79.9 Å². The molecule has 0 radical (unpaired) electrons. The molecule has 4 N–H and O–H groups in total. The van der Waals surface area contributed by atoms with Gasteiger partial charge in [-0.25, -0.2) is 8.78 Å². The van der Waals surface area contributed by atoms with Crippen LogP contribution in [0.4, 0.5) is 8.78 Å². The fourth-order valence-corrected chi connectivity index (χ4v) is 0.569. The molecule has 0 amide bonds. The van der Waals surface area contributed by atoms with Crippen molar-refractivity contribution >= 4 is 5.84 Å². The van der Waals surface area contributed by atoms with E-state index in [-0.39, 0.29) is 19.0 Å². The molecule has 13 heavy (non-hydrogen) atoms. The zero-order valence-electron chi connectivity index (χ0n) is 7.04. The van der Waals surface area contributed by atoms with Crippen LogP contribution in [-0.4, -0.2) is 43.8 Å². The summed E-state index contributed by atoms with van der Waals surface area (Å²) < 4.78 is 27.6. The SMILES string of the molecule is NC(CNCCOCC(F)F)=NO. The van der Waals surface area contributed by atoms with Gasteiger partial charge in [-0.15, -0.1) is 0 Å². The molecule has 7 heteroatoms. The van der Waals surface area contributed by atoms with Crippen LogP contribution >= 0.6 is 0 Å². The monoisotopic (exact) mass is 197 g/mol. The molecular weight excluding hydrogens is 184 g/mol. The van der Waals surface area contributed by atoms with E-state index < -0.39 is 13.0 Å². The summed E-state index contributed by atoms with van der Waals surface area (Å²) in [7, 11) is 0. The summed E-state index contributed by atoms with van der Waals surface area (Å²) in [6.45, 7) is 0.186. The molecule has 0 aliphatic carbocycles. The van der Waals surface area contributed by atoms with Crippen molar-refractivity contribution in [3.05, 3.63) is 0 Å². The zero-order chi connectivity index (χ0) is 10.1. The second-order valence-electron chi connectivity index (χ2n) is 2.23. The molecule has 0 aliphatic heterocycles. The van der Waals surface area contributed by atoms with Gasteiger partial charge in [0.2, 0.25) is 0 Å². The Labute approximate surface area is 74.5 Å². The fraction of sp³-hybridized carbons (Fsp3) is 0.833. The first-order valence-corrected chi connectivity index (χ1v) is 3.69. The largest absolute Gasteiger partial charge is 0.409 e. The Morgan fingerprint density at radius 2 is 2.31 bits per heavy atom. The van der Waals surface area contributed by atoms with Gasteiger partial charge in [0.1, 0.15) is 6.61 Å². The Morgan fingerprint density at radius 3 is 2.85 bits per heavy atom. The lowest BCUT2D eigenvalue weighted by atomic mass is 10.5. The van der Waals surface area contributed by atoms with E-state index in [0.29, 0.717) is 6.54 Å². The van der Waals surface area contributed by atoms with Gasteiger partial charge in [-0.1, -0.05) is 5.16 Å². The summed E-state index contributed by atoms with van der Waals surface area (Å²) in [4.78, 5) is 0. The number of nitrogens with two attached hydrogens (primary N) is 1. The van der Waals surface area contributed by atoms with Crippen LogP contribution in [-0.2, 0) is 4.74 Å². The highest BCUT2D eigenvalue weighted by Crippen LogP contribution is 1.90. The molecule has 0 spiro atoms. The molecule has 5 nitrogen and oxygen atoms in total. The average Bonchev–Trinajstić information content (AvgIpc) is 2.10. The predicted molar refractivity (Wildman–Crippen MR) is 43.1 cm³/mol. The molecular formula is C6H13F2N3O2. The van der Waals surface area contributed by atoms with Crippen LogP contribution in [0, 0.1) is 0 Å². The first-order valence-electron chi connectivity index (χ1n) is 3.69. The van der Waals surface area contributed by atoms with Crippen LogP contribution < -0.4 is 11.1 Å². The number of rotatable bonds is 7. The van der Waals surface area contributed by atoms with Crippen LogP contribution in [0.25, 0.3) is 0 Å². The molecule has 0 aromatic rings. The number of ether oxygens (including phenoxy) is 1. The van der Waals surface area contributed by atoms with Crippen molar-refractivity contribution in [1.29, 1.82) is 0 Å². The van der Waals surface area contributed by atoms with Crippen LogP contribution in [0.5, 0.6) is 0 Å². The second-order valence-corrected chi connectivity index (χ2v) is 2.23. The molecule has 78 valence electrons. The van der Waals surface area contributed by atoms with Gasteiger partial charge in [0.25, 0.3) is 6.43 Å². The minimum absolute atomic E-state index is 0.0360. The van der Waals surface area contributed by atoms with Crippen molar-refractivity contribution < 1.29 is 18.7 Å². The Morgan fingerprint density at radius 1 is 1.62 bits per heavy atom. The Bertz CT molecular complexity index is 155. The number of nitrogens with one attached hydrogen (secondary N) is 1. The second kappa shape index (κ2) is 7.69. The quantitative estimate of drug-likeness (QED) is 0.171. The minimum atomic E-state index is -2.44. The molecule has 0 aliphatic rings. The van der Waals surface area contributed by atoms with Crippen LogP contribution in [0.2, 0.25) is 0 Å². The van der Waals surface area contributed by atoms with Gasteiger partial charge in [-0.2, -0.15) is 0 Å². The molecule has 0 aromatic carbocycles. The van der Waals surface area contributed by atoms with Crippen molar-refractivity contribution in [3.63, 3.8) is 0 Å². The molecule has 0 saturated carbocycles. The van der Waals surface area contributed by atoms with E-state index in [4.69, 9.17) is 10.9 Å². The summed E-state index contributed by atoms with van der Waals surface area (Å²) >= 11 is 0. The first kappa shape index (κ1) is 12.0. The van der Waals surface area contributed by atoms with Gasteiger partial charge >= 0.3 is 0 Å². The van der Waals surface area contributed by atoms with Gasteiger partial charge in [-0.3, -0.25) is 0 Å². The van der Waals surface area contributed by atoms with Gasteiger partial charge in [0.05, 0.1) is 13.2 Å². The maximum atomic E-state index is 11.5. The lowest BCUT2D eigenvalue weighted by Gasteiger charge is -2.04. The number of alkyl halides is 2. The average molecular weight is 197 g/mol. The third kappa shape index (κ3) is 8.96. The highest BCUT2D eigenvalue weighted by Gasteiger charge is 2.00. The molecule has 0 rings (SSSR count). The summed E-state index contributed by atoms with van der Waals surface area (Å²) in [5.41, 5.74) is 5.11. The highest BCUT2D eigenvalue weighted by molar-refractivity contribution is 5.81. The number of oxime groups is 1. The minimum Gasteiger partial charge on any atom is -0.409 e. The van der Waals surface area contributed by atoms with Gasteiger partial charge in [-0.05, 0) is 0 Å². The number of hydrogen-bond acceptors (Lipinski definition) is 4. The van der Waals surface area contributed by atoms with Crippen LogP contribution in [0.1, 0.15) is 0 Å². The standard InChI is InChI=1S/C6H13F2N3O2/c7-5(8)4-13-2-1-10-3-6(9)11-12/h5,10,12H,1-4H2,(H2,9,11). The third-order valence-corrected chi connectivity index (χ3v) is 1.10. The van der Waals surface area contributed by atoms with Crippen molar-refractivity contribution in [2.75, 3.05) is 26.3 Å². The van der Waals surface area contributed by atoms with Crippen molar-refractivity contribution in [1.82, 2.24) is 5.32 Å². The fourth-order valence-electron chi connectivity index (χ4n) is 0.569. The number of amidine groups is 1. The first-order chi connectivity index (χ1) is 6.16. The zero-order valence-corrected chi connectivity index (χ0v) is 7.04. The van der Waals surface area contributed by atoms with Crippen molar-refractivity contribution in [3.8, 4) is 0 Å². The maximum absolute atomic E-state index is 11.5. The summed E-state index contributed by atoms with van der Waals surface area (Å²) in [5, 5.41) is 13.5. The smallest absolute Gasteiger partial charge is 0.261 e. The lowest BCUT2D eigenvalue weighted by Crippen LogP contribution is -2.31. The summed E-state index contributed by atoms with van der Waals surface area (Å²) in [5.74, 6) is 0.0360. The molecule has 0 atom stereocenters. The summed E-state index contributed by atoms with van der Waals surface area (Å²) in [6, 6.07) is 0. The molecule has 0 saturated heterocycles. The normalized spacial score (nSPS) is 12.4. The summed E-state index contributed by atoms with van der Waals surface area (Å²) in [6.07, 6.45) is -2.44. The van der Waals surface area contributed by atoms with Gasteiger partial charge < -0.3 is 21.0 Å². The van der Waals surface area contributed by atoms with Crippen LogP contribution in [0.3, 0.4) is 0 Å².